The molecule has 2 heterocycles. The Morgan fingerprint density at radius 1 is 1.26 bits per heavy atom. The Morgan fingerprint density at radius 2 is 1.89 bits per heavy atom. The molecule has 1 N–H and O–H groups in total. The summed E-state index contributed by atoms with van der Waals surface area (Å²) in [4.78, 5) is 28.0. The van der Waals surface area contributed by atoms with Crippen LogP contribution >= 0.6 is 0 Å². The lowest BCUT2D eigenvalue weighted by Crippen LogP contribution is -2.51. The van der Waals surface area contributed by atoms with Gasteiger partial charge in [-0.05, 0) is 32.2 Å². The van der Waals surface area contributed by atoms with Gasteiger partial charge in [-0.3, -0.25) is 14.3 Å². The Labute approximate surface area is 161 Å². The zero-order valence-electron chi connectivity index (χ0n) is 17.6. The van der Waals surface area contributed by atoms with Crippen LogP contribution in [-0.4, -0.2) is 68.8 Å². The van der Waals surface area contributed by atoms with E-state index in [9.17, 15) is 9.59 Å². The molecule has 9 heteroatoms. The van der Waals surface area contributed by atoms with Gasteiger partial charge < -0.3 is 18.8 Å². The van der Waals surface area contributed by atoms with Crippen molar-refractivity contribution in [3.05, 3.63) is 33.1 Å². The maximum atomic E-state index is 12.3. The van der Waals surface area contributed by atoms with Gasteiger partial charge in [0.25, 0.3) is 5.56 Å². The van der Waals surface area contributed by atoms with E-state index in [0.717, 1.165) is 0 Å². The molecule has 154 valence electrons. The molecule has 0 amide bonds. The number of aromatic amines is 1. The number of methoxy groups -OCH3 is 1. The van der Waals surface area contributed by atoms with Gasteiger partial charge in [0.1, 0.15) is 18.3 Å². The second kappa shape index (κ2) is 8.00. The summed E-state index contributed by atoms with van der Waals surface area (Å²) in [5.41, 5.74) is -0.965. The number of H-pyrrole nitrogens is 1. The summed E-state index contributed by atoms with van der Waals surface area (Å²) in [5.74, 6) is 0. The van der Waals surface area contributed by atoms with Gasteiger partial charge in [0, 0.05) is 25.9 Å². The van der Waals surface area contributed by atoms with Crippen molar-refractivity contribution in [1.82, 2.24) is 14.5 Å². The molecule has 1 fully saturated rings. The van der Waals surface area contributed by atoms with Gasteiger partial charge in [-0.15, -0.1) is 0 Å². The second-order valence-electron chi connectivity index (χ2n) is 8.89. The Hall–Kier alpha value is -1.26. The predicted octanol–water partition coefficient (Wildman–Crippen LogP) is 1.40. The van der Waals surface area contributed by atoms with Gasteiger partial charge in [0.2, 0.25) is 0 Å². The number of hydrogen-bond donors (Lipinski definition) is 1. The quantitative estimate of drug-likeness (QED) is 0.728. The molecule has 2 rings (SSSR count). The van der Waals surface area contributed by atoms with Crippen LogP contribution in [0.4, 0.5) is 0 Å². The van der Waals surface area contributed by atoms with Crippen molar-refractivity contribution in [3.63, 3.8) is 0 Å². The van der Waals surface area contributed by atoms with E-state index >= 15 is 0 Å². The van der Waals surface area contributed by atoms with Crippen molar-refractivity contribution in [3.8, 4) is 0 Å². The molecule has 1 aromatic rings. The molecule has 0 aliphatic carbocycles. The number of likely N-dealkylation sites (N-methyl/N-ethyl adjacent to an activating group) is 1. The van der Waals surface area contributed by atoms with Crippen LogP contribution in [-0.2, 0) is 13.9 Å². The standard InChI is InChI=1S/C18H33N3O5Si/c1-18(2,3)27(7,8)26-14-12(11-20(4)5)25-16(15(14)24-6)21-10-9-13(22)19-17(21)23/h9-10,12,14-16H,11H2,1-8H3,(H,19,22,23)/t12-,14?,15?,16-/m1/s1. The van der Waals surface area contributed by atoms with Gasteiger partial charge in [-0.2, -0.15) is 0 Å². The molecule has 8 nitrogen and oxygen atoms in total. The van der Waals surface area contributed by atoms with Gasteiger partial charge in [-0.1, -0.05) is 20.8 Å². The third-order valence-electron chi connectivity index (χ3n) is 5.46. The first-order chi connectivity index (χ1) is 12.4. The number of nitrogens with zero attached hydrogens (tertiary/aromatic N) is 2. The first kappa shape index (κ1) is 22.0. The summed E-state index contributed by atoms with van der Waals surface area (Å²) in [6.07, 6.45) is -0.268. The molecule has 1 aromatic heterocycles. The average Bonchev–Trinajstić information content (AvgIpc) is 2.82. The fourth-order valence-corrected chi connectivity index (χ4v) is 4.30. The monoisotopic (exact) mass is 399 g/mol. The van der Waals surface area contributed by atoms with E-state index in [4.69, 9.17) is 13.9 Å². The van der Waals surface area contributed by atoms with Crippen LogP contribution in [0.3, 0.4) is 0 Å². The Balaban J connectivity index is 2.42. The van der Waals surface area contributed by atoms with Crippen molar-refractivity contribution in [2.75, 3.05) is 27.7 Å². The van der Waals surface area contributed by atoms with E-state index in [1.165, 1.54) is 16.8 Å². The van der Waals surface area contributed by atoms with Gasteiger partial charge in [-0.25, -0.2) is 4.79 Å². The minimum Gasteiger partial charge on any atom is -0.408 e. The Bertz CT molecular complexity index is 752. The van der Waals surface area contributed by atoms with Gasteiger partial charge in [0.05, 0.1) is 0 Å². The summed E-state index contributed by atoms with van der Waals surface area (Å²) < 4.78 is 20.0. The van der Waals surface area contributed by atoms with Crippen molar-refractivity contribution in [1.29, 1.82) is 0 Å². The molecule has 1 saturated heterocycles. The van der Waals surface area contributed by atoms with Crippen LogP contribution < -0.4 is 11.2 Å². The van der Waals surface area contributed by atoms with Crippen LogP contribution in [0, 0.1) is 0 Å². The zero-order valence-corrected chi connectivity index (χ0v) is 18.6. The average molecular weight is 400 g/mol. The third-order valence-corrected chi connectivity index (χ3v) is 9.94. The molecule has 1 aliphatic rings. The molecule has 4 atom stereocenters. The van der Waals surface area contributed by atoms with Crippen LogP contribution in [0.5, 0.6) is 0 Å². The maximum absolute atomic E-state index is 12.3. The highest BCUT2D eigenvalue weighted by atomic mass is 28.4. The molecule has 0 aromatic carbocycles. The molecule has 1 aliphatic heterocycles. The van der Waals surface area contributed by atoms with Crippen LogP contribution in [0.15, 0.2) is 21.9 Å². The molecule has 27 heavy (non-hydrogen) atoms. The third kappa shape index (κ3) is 4.78. The van der Waals surface area contributed by atoms with Crippen molar-refractivity contribution < 1.29 is 13.9 Å². The summed E-state index contributed by atoms with van der Waals surface area (Å²) in [6, 6.07) is 1.31. The van der Waals surface area contributed by atoms with E-state index in [1.807, 2.05) is 19.0 Å². The number of rotatable bonds is 6. The molecular formula is C18H33N3O5Si. The minimum absolute atomic E-state index is 0.0286. The van der Waals surface area contributed by atoms with Crippen LogP contribution in [0.1, 0.15) is 27.0 Å². The molecule has 0 spiro atoms. The highest BCUT2D eigenvalue weighted by Gasteiger charge is 2.51. The van der Waals surface area contributed by atoms with Crippen LogP contribution in [0.2, 0.25) is 18.1 Å². The lowest BCUT2D eigenvalue weighted by atomic mass is 10.1. The first-order valence-electron chi connectivity index (χ1n) is 9.19. The van der Waals surface area contributed by atoms with Crippen molar-refractivity contribution >= 4 is 8.32 Å². The van der Waals surface area contributed by atoms with Crippen molar-refractivity contribution in [2.24, 2.45) is 0 Å². The van der Waals surface area contributed by atoms with Crippen LogP contribution in [0.25, 0.3) is 0 Å². The van der Waals surface area contributed by atoms with E-state index in [2.05, 4.69) is 38.8 Å². The van der Waals surface area contributed by atoms with E-state index in [-0.39, 0.29) is 17.2 Å². The Morgan fingerprint density at radius 3 is 2.37 bits per heavy atom. The lowest BCUT2D eigenvalue weighted by molar-refractivity contribution is -0.0564. The smallest absolute Gasteiger partial charge is 0.330 e. The van der Waals surface area contributed by atoms with E-state index in [0.29, 0.717) is 6.54 Å². The summed E-state index contributed by atoms with van der Waals surface area (Å²) >= 11 is 0. The fourth-order valence-electron chi connectivity index (χ4n) is 2.98. The fraction of sp³-hybridized carbons (Fsp3) is 0.778. The van der Waals surface area contributed by atoms with E-state index in [1.54, 1.807) is 7.11 Å². The maximum Gasteiger partial charge on any atom is 0.330 e. The van der Waals surface area contributed by atoms with Gasteiger partial charge >= 0.3 is 5.69 Å². The molecule has 0 radical (unpaired) electrons. The number of hydrogen-bond acceptors (Lipinski definition) is 6. The topological polar surface area (TPSA) is 85.8 Å². The molecule has 2 unspecified atom stereocenters. The highest BCUT2D eigenvalue weighted by molar-refractivity contribution is 6.74. The second-order valence-corrected chi connectivity index (χ2v) is 13.6. The number of ether oxygens (including phenoxy) is 2. The predicted molar refractivity (Wildman–Crippen MR) is 107 cm³/mol. The largest absolute Gasteiger partial charge is 0.408 e. The summed E-state index contributed by atoms with van der Waals surface area (Å²) in [7, 11) is 3.43. The molecule has 0 bridgehead atoms. The van der Waals surface area contributed by atoms with E-state index < -0.39 is 31.9 Å². The summed E-state index contributed by atoms with van der Waals surface area (Å²) in [5, 5.41) is 0.0286. The Kier molecular flexibility index (Phi) is 6.53. The first-order valence-corrected chi connectivity index (χ1v) is 12.1. The number of aromatic nitrogens is 2. The lowest BCUT2D eigenvalue weighted by Gasteiger charge is -2.40. The molecular weight excluding hydrogens is 366 g/mol. The molecule has 0 saturated carbocycles. The highest BCUT2D eigenvalue weighted by Crippen LogP contribution is 2.41. The summed E-state index contributed by atoms with van der Waals surface area (Å²) in [6.45, 7) is 11.6. The van der Waals surface area contributed by atoms with Gasteiger partial charge in [0.15, 0.2) is 14.5 Å². The normalized spacial score (nSPS) is 26.7. The number of nitrogens with one attached hydrogen (secondary N) is 1. The van der Waals surface area contributed by atoms with Crippen molar-refractivity contribution in [2.45, 2.75) is 63.4 Å². The zero-order chi connectivity index (χ0) is 20.6. The SMILES string of the molecule is COC1C(O[Si](C)(C)C(C)(C)C)[C@@H](CN(C)C)O[C@H]1n1ccc(=O)[nH]c1=O. The minimum atomic E-state index is -2.10.